The van der Waals surface area contributed by atoms with E-state index in [-0.39, 0.29) is 0 Å². The highest BCUT2D eigenvalue weighted by Gasteiger charge is 2.20. The molecule has 0 amide bonds. The van der Waals surface area contributed by atoms with Crippen LogP contribution in [0.1, 0.15) is 0 Å². The number of aromatic nitrogens is 6. The van der Waals surface area contributed by atoms with Crippen molar-refractivity contribution in [1.29, 1.82) is 0 Å². The molecular formula is C26H16N6. The molecule has 0 N–H and O–H groups in total. The maximum absolute atomic E-state index is 5.23. The van der Waals surface area contributed by atoms with Crippen molar-refractivity contribution in [1.82, 2.24) is 29.1 Å². The van der Waals surface area contributed by atoms with Crippen LogP contribution >= 0.6 is 0 Å². The van der Waals surface area contributed by atoms with Crippen LogP contribution in [0.2, 0.25) is 0 Å². The topological polar surface area (TPSA) is 61.4 Å². The summed E-state index contributed by atoms with van der Waals surface area (Å²) in [5.41, 5.74) is 7.58. The Morgan fingerprint density at radius 1 is 0.469 bits per heavy atom. The van der Waals surface area contributed by atoms with E-state index < -0.39 is 0 Å². The van der Waals surface area contributed by atoms with Gasteiger partial charge in [0.25, 0.3) is 0 Å². The average molecular weight is 412 g/mol. The molecule has 0 aliphatic carbocycles. The van der Waals surface area contributed by atoms with E-state index in [9.17, 15) is 0 Å². The molecule has 6 heteroatoms. The number of hydrogen-bond donors (Lipinski definition) is 0. The van der Waals surface area contributed by atoms with E-state index in [1.54, 1.807) is 24.8 Å². The fourth-order valence-electron chi connectivity index (χ4n) is 4.57. The first-order chi connectivity index (χ1) is 15.9. The number of fused-ring (bicyclic) bond motifs is 6. The number of para-hydroxylation sites is 2. The van der Waals surface area contributed by atoms with Gasteiger partial charge < -0.3 is 0 Å². The van der Waals surface area contributed by atoms with E-state index >= 15 is 0 Å². The summed E-state index contributed by atoms with van der Waals surface area (Å²) >= 11 is 0. The second-order valence-electron chi connectivity index (χ2n) is 7.68. The van der Waals surface area contributed by atoms with Crippen molar-refractivity contribution in [3.05, 3.63) is 97.6 Å². The van der Waals surface area contributed by atoms with Crippen LogP contribution in [0.15, 0.2) is 97.6 Å². The zero-order valence-corrected chi connectivity index (χ0v) is 16.9. The number of benzene rings is 2. The third-order valence-corrected chi connectivity index (χ3v) is 5.92. The summed E-state index contributed by atoms with van der Waals surface area (Å²) in [5, 5.41) is 2.16. The third kappa shape index (κ3) is 2.29. The van der Waals surface area contributed by atoms with Gasteiger partial charge in [0, 0.05) is 35.6 Å². The molecule has 0 saturated heterocycles. The van der Waals surface area contributed by atoms with E-state index in [0.29, 0.717) is 0 Å². The molecule has 0 aliphatic rings. The van der Waals surface area contributed by atoms with Crippen LogP contribution in [-0.2, 0) is 0 Å². The molecule has 150 valence electrons. The van der Waals surface area contributed by atoms with Crippen LogP contribution in [-0.4, -0.2) is 29.1 Å². The Labute approximate surface area is 182 Å². The largest absolute Gasteiger partial charge is 0.292 e. The van der Waals surface area contributed by atoms with Gasteiger partial charge in [-0.05, 0) is 36.4 Å². The Balaban J connectivity index is 1.71. The molecule has 0 fully saturated rings. The summed E-state index contributed by atoms with van der Waals surface area (Å²) < 4.78 is 4.32. The fraction of sp³-hybridized carbons (Fsp3) is 0. The van der Waals surface area contributed by atoms with Crippen LogP contribution in [0.3, 0.4) is 0 Å². The van der Waals surface area contributed by atoms with E-state index in [4.69, 9.17) is 9.97 Å². The van der Waals surface area contributed by atoms with Gasteiger partial charge in [-0.25, -0.2) is 9.97 Å². The molecule has 0 saturated carbocycles. The molecule has 0 atom stereocenters. The van der Waals surface area contributed by atoms with Crippen molar-refractivity contribution < 1.29 is 0 Å². The van der Waals surface area contributed by atoms with Gasteiger partial charge in [0.1, 0.15) is 11.0 Å². The van der Waals surface area contributed by atoms with Gasteiger partial charge in [0.15, 0.2) is 11.3 Å². The maximum atomic E-state index is 5.23. The first kappa shape index (κ1) is 17.1. The molecule has 6 nitrogen and oxygen atoms in total. The smallest absolute Gasteiger partial charge is 0.166 e. The van der Waals surface area contributed by atoms with Gasteiger partial charge in [-0.3, -0.25) is 19.1 Å². The molecule has 0 bridgehead atoms. The van der Waals surface area contributed by atoms with Crippen molar-refractivity contribution in [2.45, 2.75) is 0 Å². The standard InChI is InChI=1S/C26H16N6/c1-3-7-21-19(5-1)23-25(31(21)17-9-13-27-14-10-17)30-26-24(29-23)20-6-2-4-8-22(20)32(26)18-11-15-28-16-12-18/h1-16H. The van der Waals surface area contributed by atoms with Gasteiger partial charge in [-0.2, -0.15) is 0 Å². The highest BCUT2D eigenvalue weighted by molar-refractivity contribution is 6.12. The Bertz CT molecular complexity index is 1640. The lowest BCUT2D eigenvalue weighted by Crippen LogP contribution is -1.99. The van der Waals surface area contributed by atoms with Crippen LogP contribution in [0, 0.1) is 0 Å². The third-order valence-electron chi connectivity index (χ3n) is 5.92. The molecule has 5 aromatic heterocycles. The van der Waals surface area contributed by atoms with E-state index in [2.05, 4.69) is 43.4 Å². The molecule has 0 unspecified atom stereocenters. The minimum absolute atomic E-state index is 0.822. The summed E-state index contributed by atoms with van der Waals surface area (Å²) in [6.07, 6.45) is 7.21. The van der Waals surface area contributed by atoms with Crippen LogP contribution in [0.25, 0.3) is 55.5 Å². The van der Waals surface area contributed by atoms with Crippen LogP contribution in [0.5, 0.6) is 0 Å². The van der Waals surface area contributed by atoms with Gasteiger partial charge in [-0.15, -0.1) is 0 Å². The van der Waals surface area contributed by atoms with Crippen LogP contribution < -0.4 is 0 Å². The average Bonchev–Trinajstić information content (AvgIpc) is 3.36. The Kier molecular flexibility index (Phi) is 3.46. The minimum Gasteiger partial charge on any atom is -0.292 e. The maximum Gasteiger partial charge on any atom is 0.166 e. The molecule has 7 rings (SSSR count). The van der Waals surface area contributed by atoms with Crippen LogP contribution in [0.4, 0.5) is 0 Å². The first-order valence-electron chi connectivity index (χ1n) is 10.4. The summed E-state index contributed by atoms with van der Waals surface area (Å²) in [4.78, 5) is 18.8. The van der Waals surface area contributed by atoms with Crippen molar-refractivity contribution >= 4 is 44.1 Å². The zero-order chi connectivity index (χ0) is 21.1. The monoisotopic (exact) mass is 412 g/mol. The molecular weight excluding hydrogens is 396 g/mol. The summed E-state index contributed by atoms with van der Waals surface area (Å²) in [5.74, 6) is 0. The lowest BCUT2D eigenvalue weighted by atomic mass is 10.2. The van der Waals surface area contributed by atoms with Crippen molar-refractivity contribution in [2.75, 3.05) is 0 Å². The van der Waals surface area contributed by atoms with E-state index in [1.165, 1.54) is 0 Å². The lowest BCUT2D eigenvalue weighted by Gasteiger charge is -2.08. The number of rotatable bonds is 2. The second kappa shape index (κ2) is 6.46. The molecule has 32 heavy (non-hydrogen) atoms. The quantitative estimate of drug-likeness (QED) is 0.378. The lowest BCUT2D eigenvalue weighted by molar-refractivity contribution is 1.09. The van der Waals surface area contributed by atoms with Crippen molar-refractivity contribution in [3.8, 4) is 11.4 Å². The molecule has 0 aliphatic heterocycles. The predicted molar refractivity (Wildman–Crippen MR) is 126 cm³/mol. The normalized spacial score (nSPS) is 11.8. The van der Waals surface area contributed by atoms with E-state index in [1.807, 2.05) is 48.5 Å². The van der Waals surface area contributed by atoms with Crippen molar-refractivity contribution in [3.63, 3.8) is 0 Å². The second-order valence-corrected chi connectivity index (χ2v) is 7.68. The van der Waals surface area contributed by atoms with Gasteiger partial charge >= 0.3 is 0 Å². The minimum atomic E-state index is 0.822. The highest BCUT2D eigenvalue weighted by atomic mass is 15.1. The fourth-order valence-corrected chi connectivity index (χ4v) is 4.57. The Hall–Kier alpha value is -4.58. The van der Waals surface area contributed by atoms with Crippen molar-refractivity contribution in [2.24, 2.45) is 0 Å². The number of pyridine rings is 2. The van der Waals surface area contributed by atoms with Gasteiger partial charge in [0.2, 0.25) is 0 Å². The van der Waals surface area contributed by atoms with E-state index in [0.717, 1.165) is 55.5 Å². The number of hydrogen-bond acceptors (Lipinski definition) is 4. The summed E-state index contributed by atoms with van der Waals surface area (Å²) in [7, 11) is 0. The predicted octanol–water partition coefficient (Wildman–Crippen LogP) is 5.46. The molecule has 5 heterocycles. The molecule has 0 spiro atoms. The zero-order valence-electron chi connectivity index (χ0n) is 16.9. The Morgan fingerprint density at radius 3 is 1.38 bits per heavy atom. The molecule has 7 aromatic rings. The number of nitrogens with zero attached hydrogens (tertiary/aromatic N) is 6. The highest BCUT2D eigenvalue weighted by Crippen LogP contribution is 2.35. The summed E-state index contributed by atoms with van der Waals surface area (Å²) in [6.45, 7) is 0. The SMILES string of the molecule is c1ccc2c(c1)c1nc3c4ccccc4n(-c4ccncc4)c3nc1n2-c1ccncc1. The Morgan fingerprint density at radius 2 is 0.906 bits per heavy atom. The first-order valence-corrected chi connectivity index (χ1v) is 10.4. The summed E-state index contributed by atoms with van der Waals surface area (Å²) in [6, 6.07) is 24.6. The van der Waals surface area contributed by atoms with Gasteiger partial charge in [0.05, 0.1) is 22.4 Å². The molecule has 2 aromatic carbocycles. The molecule has 0 radical (unpaired) electrons. The van der Waals surface area contributed by atoms with Gasteiger partial charge in [-0.1, -0.05) is 36.4 Å².